The standard InChI is InChI=1S/C21H34Cl2/c1-3-4-5-6-7-8-9-10-11-12-13-19-14-20(16-22)18(2)21(15-19)17-23/h14-15H,3-13,16-17H2,1-2H3. The lowest BCUT2D eigenvalue weighted by Gasteiger charge is -2.11. The third-order valence-electron chi connectivity index (χ3n) is 4.79. The molecule has 0 radical (unpaired) electrons. The molecule has 0 N–H and O–H groups in total. The predicted molar refractivity (Wildman–Crippen MR) is 106 cm³/mol. The van der Waals surface area contributed by atoms with Gasteiger partial charge in [0.05, 0.1) is 0 Å². The third kappa shape index (κ3) is 8.45. The Morgan fingerprint density at radius 1 is 0.696 bits per heavy atom. The molecule has 0 heterocycles. The largest absolute Gasteiger partial charge is 0.122 e. The summed E-state index contributed by atoms with van der Waals surface area (Å²) < 4.78 is 0. The molecule has 0 nitrogen and oxygen atoms in total. The first-order valence-electron chi connectivity index (χ1n) is 9.46. The van der Waals surface area contributed by atoms with Crippen molar-refractivity contribution in [3.63, 3.8) is 0 Å². The molecule has 132 valence electrons. The van der Waals surface area contributed by atoms with Gasteiger partial charge < -0.3 is 0 Å². The normalized spacial score (nSPS) is 11.1. The second-order valence-corrected chi connectivity index (χ2v) is 7.27. The lowest BCUT2D eigenvalue weighted by molar-refractivity contribution is 0.556. The molecule has 0 saturated heterocycles. The quantitative estimate of drug-likeness (QED) is 0.248. The Labute approximate surface area is 154 Å². The van der Waals surface area contributed by atoms with Crippen LogP contribution in [0, 0.1) is 6.92 Å². The molecular weight excluding hydrogens is 323 g/mol. The smallest absolute Gasteiger partial charge is 0.0476 e. The fourth-order valence-electron chi connectivity index (χ4n) is 3.15. The van der Waals surface area contributed by atoms with Crippen molar-refractivity contribution in [2.75, 3.05) is 0 Å². The van der Waals surface area contributed by atoms with E-state index in [1.54, 1.807) is 0 Å². The van der Waals surface area contributed by atoms with E-state index in [0.29, 0.717) is 11.8 Å². The van der Waals surface area contributed by atoms with E-state index in [1.807, 2.05) is 0 Å². The SMILES string of the molecule is CCCCCCCCCCCCc1cc(CCl)c(C)c(CCl)c1. The summed E-state index contributed by atoms with van der Waals surface area (Å²) >= 11 is 12.1. The van der Waals surface area contributed by atoms with Crippen LogP contribution in [0.3, 0.4) is 0 Å². The maximum absolute atomic E-state index is 6.05. The number of benzene rings is 1. The summed E-state index contributed by atoms with van der Waals surface area (Å²) in [5, 5.41) is 0. The van der Waals surface area contributed by atoms with Crippen molar-refractivity contribution in [2.24, 2.45) is 0 Å². The number of hydrogen-bond acceptors (Lipinski definition) is 0. The minimum atomic E-state index is 0.585. The van der Waals surface area contributed by atoms with Gasteiger partial charge in [-0.25, -0.2) is 0 Å². The van der Waals surface area contributed by atoms with E-state index in [9.17, 15) is 0 Å². The van der Waals surface area contributed by atoms with Crippen molar-refractivity contribution < 1.29 is 0 Å². The first-order valence-corrected chi connectivity index (χ1v) is 10.5. The Bertz CT molecular complexity index is 401. The zero-order valence-electron chi connectivity index (χ0n) is 15.1. The second-order valence-electron chi connectivity index (χ2n) is 6.74. The van der Waals surface area contributed by atoms with Crippen LogP contribution in [0.5, 0.6) is 0 Å². The van der Waals surface area contributed by atoms with Gasteiger partial charge in [-0.05, 0) is 42.0 Å². The van der Waals surface area contributed by atoms with E-state index in [-0.39, 0.29) is 0 Å². The van der Waals surface area contributed by atoms with E-state index in [2.05, 4.69) is 26.0 Å². The van der Waals surface area contributed by atoms with Gasteiger partial charge in [0.25, 0.3) is 0 Å². The van der Waals surface area contributed by atoms with Crippen LogP contribution in [0.15, 0.2) is 12.1 Å². The zero-order chi connectivity index (χ0) is 16.9. The average molecular weight is 357 g/mol. The number of rotatable bonds is 13. The maximum Gasteiger partial charge on any atom is 0.0476 e. The molecule has 1 aromatic carbocycles. The van der Waals surface area contributed by atoms with Crippen molar-refractivity contribution in [3.05, 3.63) is 34.4 Å². The highest BCUT2D eigenvalue weighted by molar-refractivity contribution is 6.18. The number of aryl methyl sites for hydroxylation is 1. The predicted octanol–water partition coefficient (Wildman–Crippen LogP) is 7.94. The summed E-state index contributed by atoms with van der Waals surface area (Å²) in [7, 11) is 0. The van der Waals surface area contributed by atoms with E-state index in [1.165, 1.54) is 86.5 Å². The number of unbranched alkanes of at least 4 members (excludes halogenated alkanes) is 9. The molecular formula is C21H34Cl2. The van der Waals surface area contributed by atoms with Gasteiger partial charge >= 0.3 is 0 Å². The Morgan fingerprint density at radius 3 is 1.57 bits per heavy atom. The van der Waals surface area contributed by atoms with Crippen LogP contribution in [-0.2, 0) is 18.2 Å². The highest BCUT2D eigenvalue weighted by atomic mass is 35.5. The fourth-order valence-corrected chi connectivity index (χ4v) is 3.71. The number of halogens is 2. The van der Waals surface area contributed by atoms with Crippen molar-refractivity contribution >= 4 is 23.2 Å². The van der Waals surface area contributed by atoms with Crippen LogP contribution in [0.25, 0.3) is 0 Å². The zero-order valence-corrected chi connectivity index (χ0v) is 16.6. The van der Waals surface area contributed by atoms with Crippen LogP contribution < -0.4 is 0 Å². The first-order chi connectivity index (χ1) is 11.2. The van der Waals surface area contributed by atoms with Gasteiger partial charge in [0.1, 0.15) is 0 Å². The van der Waals surface area contributed by atoms with Gasteiger partial charge in [0.15, 0.2) is 0 Å². The molecule has 0 amide bonds. The summed E-state index contributed by atoms with van der Waals surface area (Å²) in [6.07, 6.45) is 15.0. The molecule has 0 aliphatic heterocycles. The highest BCUT2D eigenvalue weighted by Crippen LogP contribution is 2.22. The summed E-state index contributed by atoms with van der Waals surface area (Å²) in [6.45, 7) is 4.40. The number of hydrogen-bond donors (Lipinski definition) is 0. The molecule has 0 aliphatic rings. The van der Waals surface area contributed by atoms with E-state index >= 15 is 0 Å². The Kier molecular flexibility index (Phi) is 11.9. The lowest BCUT2D eigenvalue weighted by Crippen LogP contribution is -1.96. The minimum absolute atomic E-state index is 0.585. The first kappa shape index (κ1) is 20.8. The van der Waals surface area contributed by atoms with Crippen molar-refractivity contribution in [1.82, 2.24) is 0 Å². The van der Waals surface area contributed by atoms with Crippen molar-refractivity contribution in [1.29, 1.82) is 0 Å². The van der Waals surface area contributed by atoms with Gasteiger partial charge in [-0.3, -0.25) is 0 Å². The van der Waals surface area contributed by atoms with Crippen LogP contribution in [0.2, 0.25) is 0 Å². The van der Waals surface area contributed by atoms with Crippen molar-refractivity contribution in [2.45, 2.75) is 96.2 Å². The molecule has 1 rings (SSSR count). The monoisotopic (exact) mass is 356 g/mol. The van der Waals surface area contributed by atoms with Crippen LogP contribution in [0.1, 0.15) is 93.4 Å². The molecule has 0 atom stereocenters. The topological polar surface area (TPSA) is 0 Å². The Hall–Kier alpha value is -0.200. The Morgan fingerprint density at radius 2 is 1.13 bits per heavy atom. The van der Waals surface area contributed by atoms with Crippen molar-refractivity contribution in [3.8, 4) is 0 Å². The second kappa shape index (κ2) is 13.1. The van der Waals surface area contributed by atoms with Gasteiger partial charge in [0, 0.05) is 11.8 Å². The summed E-state index contributed by atoms with van der Waals surface area (Å²) in [5.74, 6) is 1.17. The molecule has 0 unspecified atom stereocenters. The molecule has 23 heavy (non-hydrogen) atoms. The summed E-state index contributed by atoms with van der Waals surface area (Å²) in [6, 6.07) is 4.54. The number of alkyl halides is 2. The van der Waals surface area contributed by atoms with Gasteiger partial charge in [0.2, 0.25) is 0 Å². The van der Waals surface area contributed by atoms with Crippen LogP contribution in [0.4, 0.5) is 0 Å². The average Bonchev–Trinajstić information content (AvgIpc) is 2.57. The Balaban J connectivity index is 2.18. The van der Waals surface area contributed by atoms with E-state index < -0.39 is 0 Å². The molecule has 0 spiro atoms. The van der Waals surface area contributed by atoms with E-state index in [4.69, 9.17) is 23.2 Å². The molecule has 0 bridgehead atoms. The van der Waals surface area contributed by atoms with Gasteiger partial charge in [-0.1, -0.05) is 76.8 Å². The van der Waals surface area contributed by atoms with Crippen LogP contribution >= 0.6 is 23.2 Å². The lowest BCUT2D eigenvalue weighted by atomic mass is 9.97. The molecule has 1 aromatic rings. The molecule has 0 aliphatic carbocycles. The van der Waals surface area contributed by atoms with Crippen LogP contribution in [-0.4, -0.2) is 0 Å². The third-order valence-corrected chi connectivity index (χ3v) is 5.37. The highest BCUT2D eigenvalue weighted by Gasteiger charge is 2.06. The van der Waals surface area contributed by atoms with E-state index in [0.717, 1.165) is 6.42 Å². The molecule has 0 fully saturated rings. The molecule has 0 aromatic heterocycles. The molecule has 0 saturated carbocycles. The summed E-state index contributed by atoms with van der Waals surface area (Å²) in [4.78, 5) is 0. The maximum atomic E-state index is 6.05. The van der Waals surface area contributed by atoms with Gasteiger partial charge in [-0.15, -0.1) is 23.2 Å². The summed E-state index contributed by atoms with van der Waals surface area (Å²) in [5.41, 5.74) is 5.15. The fraction of sp³-hybridized carbons (Fsp3) is 0.714. The molecule has 2 heteroatoms. The van der Waals surface area contributed by atoms with Gasteiger partial charge in [-0.2, -0.15) is 0 Å². The minimum Gasteiger partial charge on any atom is -0.122 e.